The van der Waals surface area contributed by atoms with E-state index in [-0.39, 0.29) is 12.4 Å². The summed E-state index contributed by atoms with van der Waals surface area (Å²) < 4.78 is 5.14. The van der Waals surface area contributed by atoms with Crippen molar-refractivity contribution in [1.82, 2.24) is 0 Å². The van der Waals surface area contributed by atoms with Crippen LogP contribution in [0.3, 0.4) is 0 Å². The Bertz CT molecular complexity index is 554. The highest BCUT2D eigenvalue weighted by Gasteiger charge is 2.17. The summed E-state index contributed by atoms with van der Waals surface area (Å²) in [5.74, 6) is -0.446. The van der Waals surface area contributed by atoms with Gasteiger partial charge in [-0.1, -0.05) is 42.5 Å². The van der Waals surface area contributed by atoms with Gasteiger partial charge in [0.25, 0.3) is 0 Å². The van der Waals surface area contributed by atoms with Crippen molar-refractivity contribution >= 4 is 5.97 Å². The van der Waals surface area contributed by atoms with E-state index >= 15 is 0 Å². The molecule has 3 N–H and O–H groups in total. The number of phenolic OH excluding ortho intramolecular Hbond substituents is 1. The van der Waals surface area contributed by atoms with Gasteiger partial charge in [0.1, 0.15) is 18.4 Å². The lowest BCUT2D eigenvalue weighted by Crippen LogP contribution is -2.23. The quantitative estimate of drug-likeness (QED) is 0.823. The topological polar surface area (TPSA) is 72.6 Å². The van der Waals surface area contributed by atoms with Crippen molar-refractivity contribution in [1.29, 1.82) is 0 Å². The summed E-state index contributed by atoms with van der Waals surface area (Å²) in [4.78, 5) is 11.8. The Morgan fingerprint density at radius 1 is 1.16 bits per heavy atom. The second-order valence-corrected chi connectivity index (χ2v) is 4.17. The molecule has 0 saturated carbocycles. The van der Waals surface area contributed by atoms with Crippen LogP contribution in [0.2, 0.25) is 0 Å². The Morgan fingerprint density at radius 2 is 1.89 bits per heavy atom. The van der Waals surface area contributed by atoms with Gasteiger partial charge in [-0.15, -0.1) is 0 Å². The second kappa shape index (κ2) is 6.02. The number of carbonyl (C=O) groups is 1. The van der Waals surface area contributed by atoms with Gasteiger partial charge >= 0.3 is 5.97 Å². The molecule has 2 rings (SSSR count). The van der Waals surface area contributed by atoms with Crippen LogP contribution in [0.15, 0.2) is 54.6 Å². The summed E-state index contributed by atoms with van der Waals surface area (Å²) in [7, 11) is 0. The average molecular weight is 257 g/mol. The first-order valence-corrected chi connectivity index (χ1v) is 5.92. The fourth-order valence-corrected chi connectivity index (χ4v) is 1.67. The first kappa shape index (κ1) is 13.1. The van der Waals surface area contributed by atoms with Crippen LogP contribution in [0.1, 0.15) is 17.2 Å². The van der Waals surface area contributed by atoms with Crippen LogP contribution >= 0.6 is 0 Å². The predicted octanol–water partition coefficient (Wildman–Crippen LogP) is 2.14. The van der Waals surface area contributed by atoms with Crippen molar-refractivity contribution in [2.45, 2.75) is 12.6 Å². The Hall–Kier alpha value is -2.33. The number of carbonyl (C=O) groups excluding carboxylic acids is 1. The Morgan fingerprint density at radius 3 is 2.58 bits per heavy atom. The van der Waals surface area contributed by atoms with E-state index in [4.69, 9.17) is 10.5 Å². The SMILES string of the molecule is N[C@@H](C(=O)OCc1ccccc1)c1cccc(O)c1. The molecule has 0 fully saturated rings. The molecule has 0 spiro atoms. The molecule has 2 aromatic rings. The maximum atomic E-state index is 11.8. The molecule has 1 atom stereocenters. The van der Waals surface area contributed by atoms with E-state index in [9.17, 15) is 9.90 Å². The van der Waals surface area contributed by atoms with Crippen molar-refractivity contribution in [2.75, 3.05) is 0 Å². The lowest BCUT2D eigenvalue weighted by molar-refractivity contribution is -0.146. The van der Waals surface area contributed by atoms with Crippen LogP contribution in [0, 0.1) is 0 Å². The van der Waals surface area contributed by atoms with Gasteiger partial charge in [0.15, 0.2) is 0 Å². The first-order valence-electron chi connectivity index (χ1n) is 5.92. The van der Waals surface area contributed by atoms with Gasteiger partial charge in [-0.05, 0) is 23.3 Å². The van der Waals surface area contributed by atoms with Gasteiger partial charge in [0, 0.05) is 0 Å². The number of aromatic hydroxyl groups is 1. The van der Waals surface area contributed by atoms with Crippen molar-refractivity contribution < 1.29 is 14.6 Å². The minimum absolute atomic E-state index is 0.0730. The number of benzene rings is 2. The van der Waals surface area contributed by atoms with E-state index in [2.05, 4.69) is 0 Å². The molecule has 0 aliphatic carbocycles. The number of hydrogen-bond acceptors (Lipinski definition) is 4. The van der Waals surface area contributed by atoms with Crippen molar-refractivity contribution in [3.63, 3.8) is 0 Å². The summed E-state index contributed by atoms with van der Waals surface area (Å²) in [5.41, 5.74) is 7.21. The molecule has 0 unspecified atom stereocenters. The average Bonchev–Trinajstić information content (AvgIpc) is 2.45. The fraction of sp³-hybridized carbons (Fsp3) is 0.133. The second-order valence-electron chi connectivity index (χ2n) is 4.17. The predicted molar refractivity (Wildman–Crippen MR) is 71.3 cm³/mol. The highest BCUT2D eigenvalue weighted by Crippen LogP contribution is 2.18. The zero-order valence-electron chi connectivity index (χ0n) is 10.3. The van der Waals surface area contributed by atoms with E-state index in [0.717, 1.165) is 5.56 Å². The molecular formula is C15H15NO3. The highest BCUT2D eigenvalue weighted by atomic mass is 16.5. The molecule has 2 aromatic carbocycles. The molecular weight excluding hydrogens is 242 g/mol. The lowest BCUT2D eigenvalue weighted by Gasteiger charge is -2.12. The molecule has 0 saturated heterocycles. The lowest BCUT2D eigenvalue weighted by atomic mass is 10.1. The molecule has 0 amide bonds. The summed E-state index contributed by atoms with van der Waals surface area (Å²) in [6.07, 6.45) is 0. The molecule has 98 valence electrons. The van der Waals surface area contributed by atoms with Gasteiger partial charge in [-0.25, -0.2) is 4.79 Å². The molecule has 0 bridgehead atoms. The maximum absolute atomic E-state index is 11.8. The summed E-state index contributed by atoms with van der Waals surface area (Å²) >= 11 is 0. The molecule has 4 heteroatoms. The molecule has 4 nitrogen and oxygen atoms in total. The normalized spacial score (nSPS) is 11.8. The number of rotatable bonds is 4. The molecule has 0 aromatic heterocycles. The molecule has 0 radical (unpaired) electrons. The number of nitrogens with two attached hydrogens (primary N) is 1. The highest BCUT2D eigenvalue weighted by molar-refractivity contribution is 5.77. The van der Waals surface area contributed by atoms with E-state index in [1.54, 1.807) is 12.1 Å². The number of esters is 1. The number of hydrogen-bond donors (Lipinski definition) is 2. The third-order valence-corrected chi connectivity index (χ3v) is 2.71. The van der Waals surface area contributed by atoms with E-state index in [0.29, 0.717) is 5.56 Å². The van der Waals surface area contributed by atoms with Gasteiger partial charge in [0.05, 0.1) is 0 Å². The molecule has 0 heterocycles. The monoisotopic (exact) mass is 257 g/mol. The zero-order valence-corrected chi connectivity index (χ0v) is 10.3. The smallest absolute Gasteiger partial charge is 0.327 e. The van der Waals surface area contributed by atoms with Crippen molar-refractivity contribution in [3.8, 4) is 5.75 Å². The maximum Gasteiger partial charge on any atom is 0.327 e. The largest absolute Gasteiger partial charge is 0.508 e. The standard InChI is InChI=1S/C15H15NO3/c16-14(12-7-4-8-13(17)9-12)15(18)19-10-11-5-2-1-3-6-11/h1-9,14,17H,10,16H2/t14-/m1/s1. The Labute approximate surface area is 111 Å². The molecule has 0 aliphatic rings. The third-order valence-electron chi connectivity index (χ3n) is 2.71. The van der Waals surface area contributed by atoms with E-state index in [1.165, 1.54) is 12.1 Å². The minimum atomic E-state index is -0.893. The summed E-state index contributed by atoms with van der Waals surface area (Å²) in [5, 5.41) is 9.34. The van der Waals surface area contributed by atoms with Crippen molar-refractivity contribution in [2.24, 2.45) is 5.73 Å². The van der Waals surface area contributed by atoms with Crippen LogP contribution < -0.4 is 5.73 Å². The van der Waals surface area contributed by atoms with Crippen LogP contribution in [0.4, 0.5) is 0 Å². The Balaban J connectivity index is 1.96. The first-order chi connectivity index (χ1) is 9.16. The van der Waals surface area contributed by atoms with Gasteiger partial charge in [0.2, 0.25) is 0 Å². The van der Waals surface area contributed by atoms with Crippen LogP contribution in [0.25, 0.3) is 0 Å². The van der Waals surface area contributed by atoms with Crippen LogP contribution in [0.5, 0.6) is 5.75 Å². The minimum Gasteiger partial charge on any atom is -0.508 e. The van der Waals surface area contributed by atoms with Crippen LogP contribution in [-0.4, -0.2) is 11.1 Å². The summed E-state index contributed by atoms with van der Waals surface area (Å²) in [6, 6.07) is 14.8. The van der Waals surface area contributed by atoms with Gasteiger partial charge in [-0.2, -0.15) is 0 Å². The van der Waals surface area contributed by atoms with Gasteiger partial charge in [-0.3, -0.25) is 0 Å². The number of phenols is 1. The van der Waals surface area contributed by atoms with E-state index < -0.39 is 12.0 Å². The van der Waals surface area contributed by atoms with E-state index in [1.807, 2.05) is 30.3 Å². The van der Waals surface area contributed by atoms with Crippen LogP contribution in [-0.2, 0) is 16.1 Å². The summed E-state index contributed by atoms with van der Waals surface area (Å²) in [6.45, 7) is 0.187. The zero-order chi connectivity index (χ0) is 13.7. The molecule has 0 aliphatic heterocycles. The Kier molecular flexibility index (Phi) is 4.15. The fourth-order valence-electron chi connectivity index (χ4n) is 1.67. The molecule has 19 heavy (non-hydrogen) atoms. The third kappa shape index (κ3) is 3.56. The van der Waals surface area contributed by atoms with Crippen molar-refractivity contribution in [3.05, 3.63) is 65.7 Å². The number of ether oxygens (including phenoxy) is 1. The van der Waals surface area contributed by atoms with Gasteiger partial charge < -0.3 is 15.6 Å².